The van der Waals surface area contributed by atoms with E-state index in [9.17, 15) is 19.2 Å². The number of carbonyl (C=O) groups is 4. The molecule has 2 aromatic rings. The molecule has 0 aliphatic carbocycles. The number of nitrogens with two attached hydrogens (primary N) is 1. The predicted octanol–water partition coefficient (Wildman–Crippen LogP) is 4.76. The second-order valence-electron chi connectivity index (χ2n) is 9.66. The summed E-state index contributed by atoms with van der Waals surface area (Å²) in [4.78, 5) is 54.2. The number of hydrogen-bond acceptors (Lipinski definition) is 5. The molecule has 41 heavy (non-hydrogen) atoms. The molecular formula is C31H34Cl2N4O4. The Morgan fingerprint density at radius 1 is 1.10 bits per heavy atom. The van der Waals surface area contributed by atoms with Crippen molar-refractivity contribution >= 4 is 52.4 Å². The van der Waals surface area contributed by atoms with Crippen LogP contribution in [0, 0.1) is 0 Å². The number of rotatable bonds is 12. The fraction of sp³-hybridized carbons (Fsp3) is 0.290. The van der Waals surface area contributed by atoms with Crippen molar-refractivity contribution in [1.29, 1.82) is 0 Å². The van der Waals surface area contributed by atoms with E-state index >= 15 is 0 Å². The van der Waals surface area contributed by atoms with E-state index in [1.165, 1.54) is 11.0 Å². The molecule has 0 saturated heterocycles. The van der Waals surface area contributed by atoms with E-state index in [-0.39, 0.29) is 55.5 Å². The lowest BCUT2D eigenvalue weighted by Crippen LogP contribution is -2.56. The van der Waals surface area contributed by atoms with E-state index in [4.69, 9.17) is 28.9 Å². The minimum absolute atomic E-state index is 0.00812. The van der Waals surface area contributed by atoms with E-state index < -0.39 is 23.9 Å². The number of nitrogens with zero attached hydrogens (tertiary/aromatic N) is 1. The van der Waals surface area contributed by atoms with Crippen LogP contribution in [0.4, 0.5) is 5.69 Å². The Balaban J connectivity index is 1.77. The van der Waals surface area contributed by atoms with Crippen molar-refractivity contribution in [3.05, 3.63) is 100 Å². The first-order valence-electron chi connectivity index (χ1n) is 13.3. The molecule has 0 unspecified atom stereocenters. The highest BCUT2D eigenvalue weighted by Gasteiger charge is 2.36. The smallest absolute Gasteiger partial charge is 0.247 e. The summed E-state index contributed by atoms with van der Waals surface area (Å²) in [6, 6.07) is 10.4. The van der Waals surface area contributed by atoms with Crippen LogP contribution in [0.5, 0.6) is 0 Å². The van der Waals surface area contributed by atoms with Crippen LogP contribution in [-0.2, 0) is 32.1 Å². The maximum Gasteiger partial charge on any atom is 0.247 e. The third-order valence-corrected chi connectivity index (χ3v) is 7.31. The van der Waals surface area contributed by atoms with Gasteiger partial charge in [-0.15, -0.1) is 0 Å². The molecule has 1 aliphatic rings. The Kier molecular flexibility index (Phi) is 11.9. The van der Waals surface area contributed by atoms with E-state index in [2.05, 4.69) is 17.2 Å². The van der Waals surface area contributed by atoms with Crippen molar-refractivity contribution in [3.8, 4) is 0 Å². The Morgan fingerprint density at radius 3 is 2.54 bits per heavy atom. The lowest BCUT2D eigenvalue weighted by Gasteiger charge is -2.36. The van der Waals surface area contributed by atoms with E-state index in [1.54, 1.807) is 43.4 Å². The number of fused-ring (bicyclic) bond motifs is 1. The summed E-state index contributed by atoms with van der Waals surface area (Å²) in [6.07, 6.45) is 7.06. The molecular weight excluding hydrogens is 563 g/mol. The van der Waals surface area contributed by atoms with E-state index in [0.29, 0.717) is 16.3 Å². The van der Waals surface area contributed by atoms with Crippen molar-refractivity contribution < 1.29 is 19.2 Å². The summed E-state index contributed by atoms with van der Waals surface area (Å²) < 4.78 is 0. The molecule has 216 valence electrons. The molecule has 1 aliphatic heterocycles. The van der Waals surface area contributed by atoms with Gasteiger partial charge in [-0.3, -0.25) is 19.2 Å². The van der Waals surface area contributed by atoms with Crippen LogP contribution >= 0.6 is 23.2 Å². The summed E-state index contributed by atoms with van der Waals surface area (Å²) in [5, 5.41) is 6.15. The van der Waals surface area contributed by atoms with Gasteiger partial charge in [0.15, 0.2) is 5.78 Å². The van der Waals surface area contributed by atoms with Crippen molar-refractivity contribution in [2.24, 2.45) is 5.73 Å². The molecule has 0 saturated carbocycles. The lowest BCUT2D eigenvalue weighted by molar-refractivity contribution is -0.143. The van der Waals surface area contributed by atoms with Gasteiger partial charge in [-0.1, -0.05) is 78.4 Å². The second-order valence-corrected chi connectivity index (χ2v) is 10.5. The minimum Gasteiger partial charge on any atom is -0.342 e. The molecule has 2 atom stereocenters. The van der Waals surface area contributed by atoms with Gasteiger partial charge in [0.25, 0.3) is 0 Å². The van der Waals surface area contributed by atoms with E-state index in [1.807, 2.05) is 24.3 Å². The van der Waals surface area contributed by atoms with E-state index in [0.717, 1.165) is 11.1 Å². The second kappa shape index (κ2) is 15.3. The minimum atomic E-state index is -0.977. The van der Waals surface area contributed by atoms with Gasteiger partial charge in [0.05, 0.1) is 10.7 Å². The molecule has 4 N–H and O–H groups in total. The van der Waals surface area contributed by atoms with Crippen molar-refractivity contribution in [1.82, 2.24) is 10.2 Å². The third kappa shape index (κ3) is 8.88. The summed E-state index contributed by atoms with van der Waals surface area (Å²) in [5.41, 5.74) is 8.43. The Bertz CT molecular complexity index is 1370. The largest absolute Gasteiger partial charge is 0.342 e. The number of Topliss-reactive ketones (excluding diaryl/α,β-unsaturated/α-hetero) is 1. The molecule has 0 aromatic heterocycles. The van der Waals surface area contributed by atoms with Crippen LogP contribution < -0.4 is 16.4 Å². The summed E-state index contributed by atoms with van der Waals surface area (Å²) in [7, 11) is 0. The van der Waals surface area contributed by atoms with Gasteiger partial charge in [0.2, 0.25) is 17.7 Å². The highest BCUT2D eigenvalue weighted by Crippen LogP contribution is 2.27. The molecule has 2 aromatic carbocycles. The van der Waals surface area contributed by atoms with Crippen LogP contribution in [0.25, 0.3) is 0 Å². The zero-order chi connectivity index (χ0) is 29.9. The summed E-state index contributed by atoms with van der Waals surface area (Å²) in [5.74, 6) is -1.49. The highest BCUT2D eigenvalue weighted by molar-refractivity contribution is 6.35. The number of amides is 3. The van der Waals surface area contributed by atoms with Crippen LogP contribution in [0.3, 0.4) is 0 Å². The zero-order valence-electron chi connectivity index (χ0n) is 22.9. The molecule has 0 fully saturated rings. The molecule has 1 heterocycles. The standard InChI is InChI=1S/C31H34Cl2N4O4/c1-3-4-5-8-20(2)28(38)13-14-29(39)37-19-22-10-7-6-9-21(22)17-27(37)31(41)35-25(15-16-34)30(40)36-26-18-23(32)11-12-24(26)33/h3-12,18,25,27H,1,13-17,19,34H2,2H3,(H,35,41)(H,36,40)/b5-4-,20-8+/t25-,27-/m0/s1. The number of anilines is 1. The Hall–Kier alpha value is -3.72. The van der Waals surface area contributed by atoms with Gasteiger partial charge >= 0.3 is 0 Å². The third-order valence-electron chi connectivity index (χ3n) is 6.75. The molecule has 3 amide bonds. The highest BCUT2D eigenvalue weighted by atomic mass is 35.5. The quantitative estimate of drug-likeness (QED) is 0.241. The monoisotopic (exact) mass is 596 g/mol. The maximum atomic E-state index is 13.6. The first-order valence-corrected chi connectivity index (χ1v) is 14.0. The van der Waals surface area contributed by atoms with Crippen molar-refractivity contribution in [3.63, 3.8) is 0 Å². The number of halogens is 2. The average molecular weight is 598 g/mol. The van der Waals surface area contributed by atoms with Gasteiger partial charge in [0, 0.05) is 30.8 Å². The SMILES string of the molecule is C=C/C=C\C=C(/C)C(=O)CCC(=O)N1Cc2ccccc2C[C@H]1C(=O)N[C@@H](CCN)C(=O)Nc1cc(Cl)ccc1Cl. The average Bonchev–Trinajstić information content (AvgIpc) is 2.96. The predicted molar refractivity (Wildman–Crippen MR) is 163 cm³/mol. The van der Waals surface area contributed by atoms with Gasteiger partial charge in [0.1, 0.15) is 12.1 Å². The summed E-state index contributed by atoms with van der Waals surface area (Å²) in [6.45, 7) is 5.62. The van der Waals surface area contributed by atoms with Crippen LogP contribution in [-0.4, -0.2) is 47.0 Å². The molecule has 0 radical (unpaired) electrons. The number of allylic oxidation sites excluding steroid dienone is 5. The van der Waals surface area contributed by atoms with Crippen LogP contribution in [0.1, 0.15) is 37.3 Å². The Morgan fingerprint density at radius 2 is 1.83 bits per heavy atom. The van der Waals surface area contributed by atoms with Crippen molar-refractivity contribution in [2.75, 3.05) is 11.9 Å². The number of ketones is 1. The number of hydrogen-bond donors (Lipinski definition) is 3. The molecule has 10 heteroatoms. The molecule has 3 rings (SSSR count). The maximum absolute atomic E-state index is 13.6. The number of nitrogens with one attached hydrogen (secondary N) is 2. The first kappa shape index (κ1) is 31.8. The fourth-order valence-corrected chi connectivity index (χ4v) is 4.81. The molecule has 0 bridgehead atoms. The van der Waals surface area contributed by atoms with Crippen LogP contribution in [0.2, 0.25) is 10.0 Å². The summed E-state index contributed by atoms with van der Waals surface area (Å²) >= 11 is 12.2. The topological polar surface area (TPSA) is 122 Å². The van der Waals surface area contributed by atoms with Gasteiger partial charge < -0.3 is 21.3 Å². The van der Waals surface area contributed by atoms with Crippen molar-refractivity contribution in [2.45, 2.75) is 51.2 Å². The molecule has 8 nitrogen and oxygen atoms in total. The van der Waals surface area contributed by atoms with Gasteiger partial charge in [-0.05, 0) is 54.8 Å². The zero-order valence-corrected chi connectivity index (χ0v) is 24.4. The Labute approximate surface area is 250 Å². The van der Waals surface area contributed by atoms with Crippen LogP contribution in [0.15, 0.2) is 78.9 Å². The van der Waals surface area contributed by atoms with Gasteiger partial charge in [-0.2, -0.15) is 0 Å². The first-order chi connectivity index (χ1) is 19.6. The number of benzene rings is 2. The molecule has 0 spiro atoms. The van der Waals surface area contributed by atoms with Gasteiger partial charge in [-0.25, -0.2) is 0 Å². The fourth-order valence-electron chi connectivity index (χ4n) is 4.47. The number of carbonyl (C=O) groups excluding carboxylic acids is 4. The normalized spacial score (nSPS) is 15.7. The lowest BCUT2D eigenvalue weighted by atomic mass is 9.92.